The lowest BCUT2D eigenvalue weighted by Gasteiger charge is -2.33. The Morgan fingerprint density at radius 3 is 2.91 bits per heavy atom. The number of hydrogen-bond donors (Lipinski definition) is 2. The molecule has 0 aliphatic carbocycles. The Balaban J connectivity index is 2.07. The zero-order valence-corrected chi connectivity index (χ0v) is 13.6. The summed E-state index contributed by atoms with van der Waals surface area (Å²) in [6.07, 6.45) is 3.29. The predicted octanol–water partition coefficient (Wildman–Crippen LogP) is 1.91. The molecule has 6 nitrogen and oxygen atoms in total. The highest BCUT2D eigenvalue weighted by Crippen LogP contribution is 2.21. The van der Waals surface area contributed by atoms with E-state index in [0.717, 1.165) is 12.8 Å². The second-order valence-corrected chi connectivity index (χ2v) is 5.78. The zero-order valence-electron chi connectivity index (χ0n) is 12.9. The first kappa shape index (κ1) is 16.5. The van der Waals surface area contributed by atoms with E-state index in [2.05, 4.69) is 15.6 Å². The van der Waals surface area contributed by atoms with Gasteiger partial charge < -0.3 is 15.5 Å². The van der Waals surface area contributed by atoms with Gasteiger partial charge >= 0.3 is 0 Å². The largest absolute Gasteiger partial charge is 0.369 e. The Morgan fingerprint density at radius 1 is 1.50 bits per heavy atom. The molecule has 0 radical (unpaired) electrons. The van der Waals surface area contributed by atoms with Crippen molar-refractivity contribution < 1.29 is 9.59 Å². The van der Waals surface area contributed by atoms with Crippen molar-refractivity contribution in [2.24, 2.45) is 0 Å². The molecule has 0 spiro atoms. The van der Waals surface area contributed by atoms with Gasteiger partial charge in [0.2, 0.25) is 5.91 Å². The van der Waals surface area contributed by atoms with E-state index in [-0.39, 0.29) is 17.9 Å². The van der Waals surface area contributed by atoms with E-state index in [0.29, 0.717) is 36.0 Å². The number of carbonyl (C=O) groups is 2. The number of nitrogens with zero attached hydrogens (tertiary/aromatic N) is 2. The van der Waals surface area contributed by atoms with Gasteiger partial charge in [-0.3, -0.25) is 9.59 Å². The summed E-state index contributed by atoms with van der Waals surface area (Å²) in [5.74, 6) is 0.405. The maximum atomic E-state index is 12.5. The average Bonchev–Trinajstić information content (AvgIpc) is 2.48. The van der Waals surface area contributed by atoms with Crippen molar-refractivity contribution in [2.45, 2.75) is 32.7 Å². The van der Waals surface area contributed by atoms with Gasteiger partial charge in [0.05, 0.1) is 10.6 Å². The van der Waals surface area contributed by atoms with E-state index in [1.54, 1.807) is 11.0 Å². The number of nitrogens with one attached hydrogen (secondary N) is 2. The highest BCUT2D eigenvalue weighted by atomic mass is 35.5. The van der Waals surface area contributed by atoms with Crippen molar-refractivity contribution in [3.63, 3.8) is 0 Å². The average molecular weight is 325 g/mol. The molecule has 2 amide bonds. The van der Waals surface area contributed by atoms with Crippen LogP contribution in [0.2, 0.25) is 5.02 Å². The molecular weight excluding hydrogens is 304 g/mol. The number of piperidine rings is 1. The van der Waals surface area contributed by atoms with Crippen LogP contribution in [0.25, 0.3) is 0 Å². The molecule has 1 aromatic rings. The van der Waals surface area contributed by atoms with Crippen LogP contribution in [0, 0.1) is 0 Å². The summed E-state index contributed by atoms with van der Waals surface area (Å²) in [4.78, 5) is 29.6. The van der Waals surface area contributed by atoms with Crippen LogP contribution in [0.5, 0.6) is 0 Å². The van der Waals surface area contributed by atoms with Gasteiger partial charge in [0.1, 0.15) is 5.82 Å². The first-order valence-electron chi connectivity index (χ1n) is 7.47. The number of aromatic nitrogens is 1. The second kappa shape index (κ2) is 7.45. The van der Waals surface area contributed by atoms with Gasteiger partial charge in [-0.25, -0.2) is 4.98 Å². The molecular formula is C15H21ClN4O2. The van der Waals surface area contributed by atoms with Gasteiger partial charge in [-0.15, -0.1) is 0 Å². The molecule has 2 rings (SSSR count). The highest BCUT2D eigenvalue weighted by Gasteiger charge is 2.25. The predicted molar refractivity (Wildman–Crippen MR) is 86.2 cm³/mol. The number of carbonyl (C=O) groups excluding carboxylic acids is 2. The maximum Gasteiger partial charge on any atom is 0.255 e. The van der Waals surface area contributed by atoms with Crippen molar-refractivity contribution in [1.29, 1.82) is 0 Å². The molecule has 0 aromatic carbocycles. The number of pyridine rings is 1. The van der Waals surface area contributed by atoms with E-state index >= 15 is 0 Å². The van der Waals surface area contributed by atoms with Crippen molar-refractivity contribution in [2.75, 3.05) is 25.0 Å². The van der Waals surface area contributed by atoms with Crippen LogP contribution in [0.1, 0.15) is 37.0 Å². The molecule has 1 aromatic heterocycles. The summed E-state index contributed by atoms with van der Waals surface area (Å²) in [7, 11) is 0. The first-order valence-corrected chi connectivity index (χ1v) is 7.84. The molecule has 1 atom stereocenters. The fraction of sp³-hybridized carbons (Fsp3) is 0.533. The summed E-state index contributed by atoms with van der Waals surface area (Å²) in [6.45, 7) is 5.36. The third-order valence-corrected chi connectivity index (χ3v) is 3.84. The number of rotatable bonds is 4. The minimum absolute atomic E-state index is 0.0136. The van der Waals surface area contributed by atoms with Crippen LogP contribution in [0.15, 0.2) is 12.3 Å². The molecule has 0 bridgehead atoms. The third kappa shape index (κ3) is 4.10. The standard InChI is InChI=1S/C15H21ClN4O2/c1-3-17-14-13(16)7-11(8-18-14)15(22)20-6-4-5-12(9-20)19-10(2)21/h7-8,12H,3-6,9H2,1-2H3,(H,17,18)(H,19,21). The molecule has 22 heavy (non-hydrogen) atoms. The molecule has 120 valence electrons. The molecule has 2 N–H and O–H groups in total. The van der Waals surface area contributed by atoms with E-state index in [1.165, 1.54) is 13.1 Å². The highest BCUT2D eigenvalue weighted by molar-refractivity contribution is 6.33. The molecule has 7 heteroatoms. The van der Waals surface area contributed by atoms with Crippen LogP contribution in [0.4, 0.5) is 5.82 Å². The minimum atomic E-state index is -0.104. The Hall–Kier alpha value is -1.82. The summed E-state index contributed by atoms with van der Waals surface area (Å²) in [5, 5.41) is 6.34. The maximum absolute atomic E-state index is 12.5. The number of halogens is 1. The Kier molecular flexibility index (Phi) is 5.60. The first-order chi connectivity index (χ1) is 10.5. The second-order valence-electron chi connectivity index (χ2n) is 5.38. The monoisotopic (exact) mass is 324 g/mol. The Bertz CT molecular complexity index is 564. The summed E-state index contributed by atoms with van der Waals surface area (Å²) < 4.78 is 0. The number of likely N-dealkylation sites (tertiary alicyclic amines) is 1. The minimum Gasteiger partial charge on any atom is -0.369 e. The fourth-order valence-electron chi connectivity index (χ4n) is 2.60. The van der Waals surface area contributed by atoms with Crippen LogP contribution < -0.4 is 10.6 Å². The molecule has 1 unspecified atom stereocenters. The lowest BCUT2D eigenvalue weighted by atomic mass is 10.0. The quantitative estimate of drug-likeness (QED) is 0.887. The van der Waals surface area contributed by atoms with Gasteiger partial charge in [-0.2, -0.15) is 0 Å². The topological polar surface area (TPSA) is 74.3 Å². The van der Waals surface area contributed by atoms with Gasteiger partial charge in [0.15, 0.2) is 0 Å². The van der Waals surface area contributed by atoms with Crippen molar-refractivity contribution in [3.05, 3.63) is 22.8 Å². The fourth-order valence-corrected chi connectivity index (χ4v) is 2.84. The summed E-state index contributed by atoms with van der Waals surface area (Å²) in [5.41, 5.74) is 0.468. The number of hydrogen-bond acceptors (Lipinski definition) is 4. The van der Waals surface area contributed by atoms with Crippen LogP contribution >= 0.6 is 11.6 Å². The van der Waals surface area contributed by atoms with E-state index in [9.17, 15) is 9.59 Å². The van der Waals surface area contributed by atoms with Crippen LogP contribution in [-0.4, -0.2) is 47.4 Å². The summed E-state index contributed by atoms with van der Waals surface area (Å²) >= 11 is 6.14. The number of amides is 2. The molecule has 2 heterocycles. The molecule has 1 fully saturated rings. The molecule has 1 saturated heterocycles. The molecule has 1 aliphatic rings. The van der Waals surface area contributed by atoms with E-state index in [1.807, 2.05) is 6.92 Å². The van der Waals surface area contributed by atoms with Crippen LogP contribution in [0.3, 0.4) is 0 Å². The van der Waals surface area contributed by atoms with Crippen molar-refractivity contribution >= 4 is 29.2 Å². The van der Waals surface area contributed by atoms with E-state index < -0.39 is 0 Å². The lowest BCUT2D eigenvalue weighted by Crippen LogP contribution is -2.49. The smallest absolute Gasteiger partial charge is 0.255 e. The lowest BCUT2D eigenvalue weighted by molar-refractivity contribution is -0.120. The van der Waals surface area contributed by atoms with Crippen molar-refractivity contribution in [3.8, 4) is 0 Å². The van der Waals surface area contributed by atoms with Gasteiger partial charge in [-0.05, 0) is 25.8 Å². The SMILES string of the molecule is CCNc1ncc(C(=O)N2CCCC(NC(C)=O)C2)cc1Cl. The zero-order chi connectivity index (χ0) is 16.1. The van der Waals surface area contributed by atoms with Crippen molar-refractivity contribution in [1.82, 2.24) is 15.2 Å². The van der Waals surface area contributed by atoms with E-state index in [4.69, 9.17) is 11.6 Å². The molecule has 1 aliphatic heterocycles. The van der Waals surface area contributed by atoms with Gasteiger partial charge in [-0.1, -0.05) is 11.6 Å². The molecule has 0 saturated carbocycles. The van der Waals surface area contributed by atoms with Gasteiger partial charge in [0, 0.05) is 38.8 Å². The van der Waals surface area contributed by atoms with Crippen LogP contribution in [-0.2, 0) is 4.79 Å². The normalized spacial score (nSPS) is 18.0. The third-order valence-electron chi connectivity index (χ3n) is 3.55. The Morgan fingerprint density at radius 2 is 2.27 bits per heavy atom. The summed E-state index contributed by atoms with van der Waals surface area (Å²) in [6, 6.07) is 1.65. The Labute approximate surface area is 135 Å². The van der Waals surface area contributed by atoms with Gasteiger partial charge in [0.25, 0.3) is 5.91 Å². The number of anilines is 1.